The first kappa shape index (κ1) is 14.0. The van der Waals surface area contributed by atoms with Crippen LogP contribution in [0.1, 0.15) is 38.4 Å². The Kier molecular flexibility index (Phi) is 4.17. The second-order valence-corrected chi connectivity index (χ2v) is 4.80. The summed E-state index contributed by atoms with van der Waals surface area (Å²) in [6, 6.07) is 9.80. The zero-order chi connectivity index (χ0) is 13.9. The van der Waals surface area contributed by atoms with Gasteiger partial charge in [0.2, 0.25) is 0 Å². The third-order valence-corrected chi connectivity index (χ3v) is 4.06. The van der Waals surface area contributed by atoms with Crippen molar-refractivity contribution < 1.29 is 9.84 Å². The van der Waals surface area contributed by atoms with Crippen molar-refractivity contribution in [2.45, 2.75) is 38.4 Å². The lowest BCUT2D eigenvalue weighted by Gasteiger charge is -2.35. The second-order valence-electron chi connectivity index (χ2n) is 4.80. The molecule has 3 heteroatoms. The summed E-state index contributed by atoms with van der Waals surface area (Å²) in [5, 5.41) is 11.8. The van der Waals surface area contributed by atoms with Gasteiger partial charge in [-0.1, -0.05) is 38.1 Å². The summed E-state index contributed by atoms with van der Waals surface area (Å²) >= 11 is 0. The zero-order valence-electron chi connectivity index (χ0n) is 11.8. The predicted molar refractivity (Wildman–Crippen MR) is 77.0 cm³/mol. The molecular weight excluding hydrogens is 238 g/mol. The first-order valence-electron chi connectivity index (χ1n) is 6.75. The van der Waals surface area contributed by atoms with Crippen molar-refractivity contribution in [1.82, 2.24) is 4.98 Å². The van der Waals surface area contributed by atoms with Gasteiger partial charge >= 0.3 is 0 Å². The van der Waals surface area contributed by atoms with Gasteiger partial charge in [-0.3, -0.25) is 4.98 Å². The molecule has 1 aromatic carbocycles. The van der Waals surface area contributed by atoms with E-state index in [1.807, 2.05) is 44.2 Å². The molecule has 0 amide bonds. The summed E-state index contributed by atoms with van der Waals surface area (Å²) in [6.07, 6.45) is 2.59. The molecule has 2 rings (SSSR count). The Morgan fingerprint density at radius 3 is 2.53 bits per heavy atom. The van der Waals surface area contributed by atoms with Crippen molar-refractivity contribution in [3.8, 4) is 0 Å². The first-order valence-corrected chi connectivity index (χ1v) is 6.75. The summed E-state index contributed by atoms with van der Waals surface area (Å²) in [4.78, 5) is 4.40. The zero-order valence-corrected chi connectivity index (χ0v) is 11.8. The lowest BCUT2D eigenvalue weighted by atomic mass is 9.85. The molecule has 0 bridgehead atoms. The Balaban J connectivity index is 2.55. The maximum atomic E-state index is 10.8. The highest BCUT2D eigenvalue weighted by Gasteiger charge is 2.36. The third-order valence-electron chi connectivity index (χ3n) is 4.06. The summed E-state index contributed by atoms with van der Waals surface area (Å²) in [5.41, 5.74) is 1.13. The fourth-order valence-electron chi connectivity index (χ4n) is 2.67. The largest absolute Gasteiger partial charge is 0.385 e. The van der Waals surface area contributed by atoms with Gasteiger partial charge < -0.3 is 9.84 Å². The van der Waals surface area contributed by atoms with Gasteiger partial charge in [0.1, 0.15) is 6.10 Å². The molecule has 0 aliphatic heterocycles. The van der Waals surface area contributed by atoms with E-state index in [-0.39, 0.29) is 0 Å². The van der Waals surface area contributed by atoms with Gasteiger partial charge in [-0.15, -0.1) is 0 Å². The maximum absolute atomic E-state index is 10.8. The van der Waals surface area contributed by atoms with Gasteiger partial charge in [-0.25, -0.2) is 0 Å². The van der Waals surface area contributed by atoms with E-state index in [1.54, 1.807) is 13.3 Å². The van der Waals surface area contributed by atoms with Crippen LogP contribution in [0.2, 0.25) is 0 Å². The first-order chi connectivity index (χ1) is 9.18. The molecule has 0 fully saturated rings. The van der Waals surface area contributed by atoms with Crippen molar-refractivity contribution in [3.63, 3.8) is 0 Å². The summed E-state index contributed by atoms with van der Waals surface area (Å²) in [5.74, 6) is 0. The number of fused-ring (bicyclic) bond motifs is 1. The SMILES string of the molecule is CCC(CC)(OC)C(O)c1cccc2cccnc12. The number of pyridine rings is 1. The van der Waals surface area contributed by atoms with Crippen LogP contribution in [0.5, 0.6) is 0 Å². The molecule has 19 heavy (non-hydrogen) atoms. The molecular formula is C16H21NO2. The molecule has 1 atom stereocenters. The minimum absolute atomic E-state index is 0.550. The maximum Gasteiger partial charge on any atom is 0.110 e. The van der Waals surface area contributed by atoms with Crippen LogP contribution >= 0.6 is 0 Å². The number of aliphatic hydroxyl groups excluding tert-OH is 1. The van der Waals surface area contributed by atoms with Gasteiger partial charge in [0.15, 0.2) is 0 Å². The van der Waals surface area contributed by atoms with E-state index in [1.165, 1.54) is 0 Å². The van der Waals surface area contributed by atoms with Crippen LogP contribution in [0, 0.1) is 0 Å². The summed E-state index contributed by atoms with van der Waals surface area (Å²) < 4.78 is 5.62. The fourth-order valence-corrected chi connectivity index (χ4v) is 2.67. The average Bonchev–Trinajstić information content (AvgIpc) is 2.49. The number of methoxy groups -OCH3 is 1. The Labute approximate surface area is 114 Å². The molecule has 2 aromatic rings. The molecule has 1 aromatic heterocycles. The smallest absolute Gasteiger partial charge is 0.110 e. The van der Waals surface area contributed by atoms with Gasteiger partial charge in [-0.2, -0.15) is 0 Å². The molecule has 0 aliphatic rings. The van der Waals surface area contributed by atoms with Gasteiger partial charge in [0.25, 0.3) is 0 Å². The monoisotopic (exact) mass is 259 g/mol. The Morgan fingerprint density at radius 2 is 1.89 bits per heavy atom. The lowest BCUT2D eigenvalue weighted by Crippen LogP contribution is -2.37. The van der Waals surface area contributed by atoms with E-state index in [2.05, 4.69) is 4.98 Å². The van der Waals surface area contributed by atoms with Crippen molar-refractivity contribution >= 4 is 10.9 Å². The fraction of sp³-hybridized carbons (Fsp3) is 0.438. The van der Waals surface area contributed by atoms with E-state index in [0.29, 0.717) is 0 Å². The predicted octanol–water partition coefficient (Wildman–Crippen LogP) is 3.47. The van der Waals surface area contributed by atoms with Crippen LogP contribution in [0.4, 0.5) is 0 Å². The number of ether oxygens (including phenoxy) is 1. The van der Waals surface area contributed by atoms with E-state index in [4.69, 9.17) is 4.74 Å². The normalized spacial score (nSPS) is 13.7. The topological polar surface area (TPSA) is 42.4 Å². The standard InChI is InChI=1S/C16H21NO2/c1-4-16(5-2,19-3)15(18)13-10-6-8-12-9-7-11-17-14(12)13/h6-11,15,18H,4-5H2,1-3H3. The van der Waals surface area contributed by atoms with Crippen molar-refractivity contribution in [2.24, 2.45) is 0 Å². The lowest BCUT2D eigenvalue weighted by molar-refractivity contribution is -0.109. The van der Waals surface area contributed by atoms with E-state index in [9.17, 15) is 5.11 Å². The number of hydrogen-bond donors (Lipinski definition) is 1. The summed E-state index contributed by atoms with van der Waals surface area (Å²) in [7, 11) is 1.66. The van der Waals surface area contributed by atoms with E-state index in [0.717, 1.165) is 29.3 Å². The number of rotatable bonds is 5. The average molecular weight is 259 g/mol. The van der Waals surface area contributed by atoms with Crippen LogP contribution < -0.4 is 0 Å². The van der Waals surface area contributed by atoms with Crippen molar-refractivity contribution in [3.05, 3.63) is 42.1 Å². The number of aromatic nitrogens is 1. The van der Waals surface area contributed by atoms with Crippen LogP contribution in [-0.2, 0) is 4.74 Å². The highest BCUT2D eigenvalue weighted by atomic mass is 16.5. The highest BCUT2D eigenvalue weighted by Crippen LogP contribution is 2.37. The van der Waals surface area contributed by atoms with Gasteiger partial charge in [0, 0.05) is 24.3 Å². The minimum Gasteiger partial charge on any atom is -0.385 e. The Hall–Kier alpha value is -1.45. The van der Waals surface area contributed by atoms with Crippen LogP contribution in [0.3, 0.4) is 0 Å². The van der Waals surface area contributed by atoms with Crippen molar-refractivity contribution in [1.29, 1.82) is 0 Å². The van der Waals surface area contributed by atoms with Gasteiger partial charge in [-0.05, 0) is 18.9 Å². The van der Waals surface area contributed by atoms with Crippen LogP contribution in [0.25, 0.3) is 10.9 Å². The van der Waals surface area contributed by atoms with Crippen LogP contribution in [-0.4, -0.2) is 22.8 Å². The number of aliphatic hydroxyl groups is 1. The second kappa shape index (κ2) is 5.68. The summed E-state index contributed by atoms with van der Waals surface area (Å²) in [6.45, 7) is 4.07. The quantitative estimate of drug-likeness (QED) is 0.894. The number of para-hydroxylation sites is 1. The molecule has 0 saturated heterocycles. The molecule has 1 N–H and O–H groups in total. The molecule has 1 heterocycles. The van der Waals surface area contributed by atoms with Crippen molar-refractivity contribution in [2.75, 3.05) is 7.11 Å². The van der Waals surface area contributed by atoms with E-state index < -0.39 is 11.7 Å². The number of hydrogen-bond acceptors (Lipinski definition) is 3. The molecule has 0 radical (unpaired) electrons. The van der Waals surface area contributed by atoms with Gasteiger partial charge in [0.05, 0.1) is 11.1 Å². The molecule has 0 aliphatic carbocycles. The highest BCUT2D eigenvalue weighted by molar-refractivity contribution is 5.82. The molecule has 3 nitrogen and oxygen atoms in total. The van der Waals surface area contributed by atoms with Crippen LogP contribution in [0.15, 0.2) is 36.5 Å². The Bertz CT molecular complexity index is 536. The number of benzene rings is 1. The molecule has 0 saturated carbocycles. The molecule has 1 unspecified atom stereocenters. The third kappa shape index (κ3) is 2.36. The van der Waals surface area contributed by atoms with E-state index >= 15 is 0 Å². The molecule has 0 spiro atoms. The Morgan fingerprint density at radius 1 is 1.21 bits per heavy atom. The molecule has 102 valence electrons. The number of nitrogens with zero attached hydrogens (tertiary/aromatic N) is 1. The minimum atomic E-state index is -0.675.